The summed E-state index contributed by atoms with van der Waals surface area (Å²) in [6, 6.07) is 7.89. The molecule has 0 spiro atoms. The molecule has 0 bridgehead atoms. The molecule has 1 atom stereocenters. The van der Waals surface area contributed by atoms with Gasteiger partial charge in [0.15, 0.2) is 11.5 Å². The van der Waals surface area contributed by atoms with Gasteiger partial charge in [0.25, 0.3) is 0 Å². The van der Waals surface area contributed by atoms with Crippen molar-refractivity contribution in [3.63, 3.8) is 0 Å². The van der Waals surface area contributed by atoms with E-state index in [1.165, 1.54) is 0 Å². The lowest BCUT2D eigenvalue weighted by atomic mass is 10.1. The van der Waals surface area contributed by atoms with Gasteiger partial charge in [-0.25, -0.2) is 4.98 Å². The van der Waals surface area contributed by atoms with Crippen molar-refractivity contribution in [3.05, 3.63) is 30.2 Å². The molecular weight excluding hydrogens is 266 g/mol. The van der Waals surface area contributed by atoms with Crippen molar-refractivity contribution in [1.29, 1.82) is 0 Å². The highest BCUT2D eigenvalue weighted by molar-refractivity contribution is 9.09. The van der Waals surface area contributed by atoms with Crippen LogP contribution in [0.5, 0.6) is 0 Å². The third-order valence-electron chi connectivity index (χ3n) is 2.46. The van der Waals surface area contributed by atoms with Crippen LogP contribution in [0.1, 0.15) is 26.2 Å². The summed E-state index contributed by atoms with van der Waals surface area (Å²) < 4.78 is 5.68. The van der Waals surface area contributed by atoms with E-state index in [0.29, 0.717) is 10.7 Å². The van der Waals surface area contributed by atoms with Gasteiger partial charge < -0.3 is 4.42 Å². The van der Waals surface area contributed by atoms with E-state index in [9.17, 15) is 0 Å². The molecule has 1 unspecified atom stereocenters. The fraction of sp³-hybridized carbons (Fsp3) is 0.462. The van der Waals surface area contributed by atoms with Crippen LogP contribution in [0, 0.1) is 5.92 Å². The predicted molar refractivity (Wildman–Crippen MR) is 69.9 cm³/mol. The van der Waals surface area contributed by atoms with E-state index in [2.05, 4.69) is 34.8 Å². The Morgan fingerprint density at radius 2 is 2.06 bits per heavy atom. The van der Waals surface area contributed by atoms with Gasteiger partial charge in [-0.1, -0.05) is 41.9 Å². The number of nitrogens with zero attached hydrogens (tertiary/aromatic N) is 1. The lowest BCUT2D eigenvalue weighted by Crippen LogP contribution is -2.06. The van der Waals surface area contributed by atoms with Crippen LogP contribution in [-0.2, 0) is 6.42 Å². The smallest absolute Gasteiger partial charge is 0.196 e. The number of alkyl halides is 1. The maximum atomic E-state index is 5.68. The summed E-state index contributed by atoms with van der Waals surface area (Å²) in [6.07, 6.45) is 1.99. The van der Waals surface area contributed by atoms with E-state index < -0.39 is 0 Å². The number of rotatable bonds is 4. The van der Waals surface area contributed by atoms with Crippen molar-refractivity contribution in [2.75, 3.05) is 0 Å². The molecule has 0 fully saturated rings. The summed E-state index contributed by atoms with van der Waals surface area (Å²) in [7, 11) is 0. The molecule has 0 aliphatic carbocycles. The molecule has 1 aromatic carbocycles. The normalized spacial score (nSPS) is 13.5. The Bertz CT molecular complexity index is 431. The van der Waals surface area contributed by atoms with E-state index in [0.717, 1.165) is 29.8 Å². The van der Waals surface area contributed by atoms with E-state index >= 15 is 0 Å². The summed E-state index contributed by atoms with van der Waals surface area (Å²) >= 11 is 3.67. The number of fused-ring (bicyclic) bond motifs is 1. The average molecular weight is 282 g/mol. The van der Waals surface area contributed by atoms with Crippen molar-refractivity contribution in [2.24, 2.45) is 5.92 Å². The van der Waals surface area contributed by atoms with Crippen molar-refractivity contribution in [3.8, 4) is 0 Å². The first-order chi connectivity index (χ1) is 7.65. The molecule has 0 amide bonds. The molecule has 2 aromatic rings. The SMILES string of the molecule is CC(C)CC(Br)Cc1nc2ccccc2o1. The van der Waals surface area contributed by atoms with Crippen LogP contribution in [0.15, 0.2) is 28.7 Å². The Labute approximate surface area is 104 Å². The number of aromatic nitrogens is 1. The molecule has 16 heavy (non-hydrogen) atoms. The summed E-state index contributed by atoms with van der Waals surface area (Å²) in [5.41, 5.74) is 1.82. The van der Waals surface area contributed by atoms with Gasteiger partial charge in [0.2, 0.25) is 0 Å². The number of hydrogen-bond acceptors (Lipinski definition) is 2. The van der Waals surface area contributed by atoms with Crippen LogP contribution in [0.4, 0.5) is 0 Å². The zero-order valence-corrected chi connectivity index (χ0v) is 11.2. The van der Waals surface area contributed by atoms with Gasteiger partial charge in [0.1, 0.15) is 5.52 Å². The summed E-state index contributed by atoms with van der Waals surface area (Å²) in [4.78, 5) is 4.91. The second-order valence-corrected chi connectivity index (χ2v) is 5.80. The van der Waals surface area contributed by atoms with Crippen molar-refractivity contribution in [1.82, 2.24) is 4.98 Å². The summed E-state index contributed by atoms with van der Waals surface area (Å²) in [5.74, 6) is 1.51. The lowest BCUT2D eigenvalue weighted by Gasteiger charge is -2.09. The van der Waals surface area contributed by atoms with Crippen molar-refractivity contribution >= 4 is 27.0 Å². The van der Waals surface area contributed by atoms with Crippen molar-refractivity contribution < 1.29 is 4.42 Å². The van der Waals surface area contributed by atoms with E-state index in [1.54, 1.807) is 0 Å². The Kier molecular flexibility index (Phi) is 3.64. The quantitative estimate of drug-likeness (QED) is 0.786. The zero-order chi connectivity index (χ0) is 11.5. The molecule has 0 aliphatic rings. The first kappa shape index (κ1) is 11.6. The largest absolute Gasteiger partial charge is 0.441 e. The number of benzene rings is 1. The van der Waals surface area contributed by atoms with Gasteiger partial charge in [0.05, 0.1) is 0 Å². The molecule has 0 N–H and O–H groups in total. The molecular formula is C13H16BrNO. The van der Waals surface area contributed by atoms with Gasteiger partial charge in [-0.3, -0.25) is 0 Å². The minimum absolute atomic E-state index is 0.445. The number of para-hydroxylation sites is 2. The average Bonchev–Trinajstić information content (AvgIpc) is 2.57. The highest BCUT2D eigenvalue weighted by atomic mass is 79.9. The molecule has 1 heterocycles. The Balaban J connectivity index is 2.09. The standard InChI is InChI=1S/C13H16BrNO/c1-9(2)7-10(14)8-13-15-11-5-3-4-6-12(11)16-13/h3-6,9-10H,7-8H2,1-2H3. The van der Waals surface area contributed by atoms with E-state index in [4.69, 9.17) is 4.42 Å². The number of halogens is 1. The molecule has 2 nitrogen and oxygen atoms in total. The van der Waals surface area contributed by atoms with Crippen LogP contribution >= 0.6 is 15.9 Å². The predicted octanol–water partition coefficient (Wildman–Crippen LogP) is 4.18. The van der Waals surface area contributed by atoms with Gasteiger partial charge in [-0.2, -0.15) is 0 Å². The fourth-order valence-electron chi connectivity index (χ4n) is 1.79. The van der Waals surface area contributed by atoms with Gasteiger partial charge >= 0.3 is 0 Å². The first-order valence-electron chi connectivity index (χ1n) is 5.63. The van der Waals surface area contributed by atoms with Gasteiger partial charge in [-0.15, -0.1) is 0 Å². The molecule has 0 radical (unpaired) electrons. The highest BCUT2D eigenvalue weighted by Crippen LogP contribution is 2.20. The van der Waals surface area contributed by atoms with Crippen LogP contribution < -0.4 is 0 Å². The lowest BCUT2D eigenvalue weighted by molar-refractivity contribution is 0.496. The summed E-state index contributed by atoms with van der Waals surface area (Å²) in [6.45, 7) is 4.45. The van der Waals surface area contributed by atoms with Gasteiger partial charge in [0, 0.05) is 11.2 Å². The Morgan fingerprint density at radius 3 is 2.75 bits per heavy atom. The number of hydrogen-bond donors (Lipinski definition) is 0. The summed E-state index contributed by atoms with van der Waals surface area (Å²) in [5, 5.41) is 0. The van der Waals surface area contributed by atoms with Crippen LogP contribution in [-0.4, -0.2) is 9.81 Å². The first-order valence-corrected chi connectivity index (χ1v) is 6.55. The topological polar surface area (TPSA) is 26.0 Å². The fourth-order valence-corrected chi connectivity index (χ4v) is 2.82. The monoisotopic (exact) mass is 281 g/mol. The zero-order valence-electron chi connectivity index (χ0n) is 9.61. The molecule has 0 aliphatic heterocycles. The molecule has 3 heteroatoms. The van der Waals surface area contributed by atoms with Crippen molar-refractivity contribution in [2.45, 2.75) is 31.5 Å². The molecule has 2 rings (SSSR count). The van der Waals surface area contributed by atoms with E-state index in [1.807, 2.05) is 24.3 Å². The van der Waals surface area contributed by atoms with Crippen LogP contribution in [0.25, 0.3) is 11.1 Å². The second kappa shape index (κ2) is 5.00. The molecule has 1 aromatic heterocycles. The maximum Gasteiger partial charge on any atom is 0.196 e. The van der Waals surface area contributed by atoms with E-state index in [-0.39, 0.29) is 0 Å². The third-order valence-corrected chi connectivity index (χ3v) is 3.16. The minimum Gasteiger partial charge on any atom is -0.441 e. The molecule has 0 saturated carbocycles. The highest BCUT2D eigenvalue weighted by Gasteiger charge is 2.12. The molecule has 86 valence electrons. The number of oxazole rings is 1. The Hall–Kier alpha value is -0.830. The maximum absolute atomic E-state index is 5.68. The second-order valence-electron chi connectivity index (χ2n) is 4.51. The minimum atomic E-state index is 0.445. The van der Waals surface area contributed by atoms with Crippen LogP contribution in [0.2, 0.25) is 0 Å². The molecule has 0 saturated heterocycles. The third kappa shape index (κ3) is 2.85. The van der Waals surface area contributed by atoms with Crippen LogP contribution in [0.3, 0.4) is 0 Å². The Morgan fingerprint density at radius 1 is 1.31 bits per heavy atom. The van der Waals surface area contributed by atoms with Gasteiger partial charge in [-0.05, 0) is 24.5 Å².